The van der Waals surface area contributed by atoms with Crippen LogP contribution in [-0.2, 0) is 16.1 Å². The minimum absolute atomic E-state index is 0.350. The first-order valence-corrected chi connectivity index (χ1v) is 7.73. The highest BCUT2D eigenvalue weighted by molar-refractivity contribution is 9.15. The van der Waals surface area contributed by atoms with Crippen LogP contribution in [0.25, 0.3) is 0 Å². The van der Waals surface area contributed by atoms with Gasteiger partial charge in [-0.25, -0.2) is 0 Å². The lowest BCUT2D eigenvalue weighted by molar-refractivity contribution is -0.131. The summed E-state index contributed by atoms with van der Waals surface area (Å²) in [5, 5.41) is 3.03. The summed E-state index contributed by atoms with van der Waals surface area (Å²) in [4.78, 5) is 22.2. The molecule has 90 valence electrons. The molecule has 0 amide bonds. The van der Waals surface area contributed by atoms with Crippen molar-refractivity contribution in [2.45, 2.75) is 12.6 Å². The predicted octanol–water partition coefficient (Wildman–Crippen LogP) is 3.65. The second-order valence-corrected chi connectivity index (χ2v) is 6.65. The second-order valence-electron chi connectivity index (χ2n) is 3.48. The van der Waals surface area contributed by atoms with Gasteiger partial charge in [-0.2, -0.15) is 0 Å². The number of aldehydes is 1. The van der Waals surface area contributed by atoms with Crippen LogP contribution in [0.3, 0.4) is 0 Å². The summed E-state index contributed by atoms with van der Waals surface area (Å²) < 4.78 is 3.36. The number of hydrogen-bond donors (Lipinski definition) is 1. The van der Waals surface area contributed by atoms with Gasteiger partial charge in [0.1, 0.15) is 6.04 Å². The molecule has 1 aliphatic heterocycles. The Labute approximate surface area is 131 Å². The molecule has 0 saturated heterocycles. The lowest BCUT2D eigenvalue weighted by Gasteiger charge is -2.13. The lowest BCUT2D eigenvalue weighted by atomic mass is 10.0. The molecule has 1 aromatic rings. The Morgan fingerprint density at radius 2 is 1.71 bits per heavy atom. The quantitative estimate of drug-likeness (QED) is 0.298. The van der Waals surface area contributed by atoms with Gasteiger partial charge in [-0.1, -0.05) is 0 Å². The van der Waals surface area contributed by atoms with Crippen LogP contribution in [-0.4, -0.2) is 12.1 Å². The van der Waals surface area contributed by atoms with Crippen LogP contribution in [0.5, 0.6) is 0 Å². The van der Waals surface area contributed by atoms with Crippen LogP contribution in [0.2, 0.25) is 0 Å². The van der Waals surface area contributed by atoms with Crippen molar-refractivity contribution in [3.63, 3.8) is 0 Å². The van der Waals surface area contributed by atoms with E-state index in [2.05, 4.69) is 69.0 Å². The Morgan fingerprint density at radius 3 is 2.29 bits per heavy atom. The number of halogens is 4. The predicted molar refractivity (Wildman–Crippen MR) is 77.9 cm³/mol. The van der Waals surface area contributed by atoms with E-state index in [0.29, 0.717) is 12.8 Å². The molecule has 2 rings (SSSR count). The van der Waals surface area contributed by atoms with Crippen molar-refractivity contribution in [1.82, 2.24) is 5.32 Å². The van der Waals surface area contributed by atoms with E-state index in [1.54, 1.807) is 0 Å². The topological polar surface area (TPSA) is 46.2 Å². The lowest BCUT2D eigenvalue weighted by Crippen LogP contribution is -2.23. The maximum absolute atomic E-state index is 11.5. The van der Waals surface area contributed by atoms with Gasteiger partial charge in [0.25, 0.3) is 0 Å². The zero-order valence-electron chi connectivity index (χ0n) is 8.19. The summed E-state index contributed by atoms with van der Waals surface area (Å²) >= 11 is 13.8. The molecule has 1 atom stereocenters. The first-order chi connectivity index (χ1) is 7.99. The summed E-state index contributed by atoms with van der Waals surface area (Å²) in [6.07, 6.45) is 0.350. The zero-order valence-corrected chi connectivity index (χ0v) is 14.5. The number of benzene rings is 1. The molecule has 17 heavy (non-hydrogen) atoms. The third-order valence-corrected chi connectivity index (χ3v) is 7.46. The summed E-state index contributed by atoms with van der Waals surface area (Å²) in [6, 6.07) is -0.572. The highest BCUT2D eigenvalue weighted by atomic mass is 79.9. The minimum atomic E-state index is -0.572. The van der Waals surface area contributed by atoms with Crippen molar-refractivity contribution in [3.8, 4) is 0 Å². The standard InChI is InChI=1S/C10H5Br4NO2/c11-6-3-1-15-10(4(17)2-16)5(3)7(12)9(14)8(6)13/h2,10,15H,1H2. The summed E-state index contributed by atoms with van der Waals surface area (Å²) in [5.74, 6) is -0.467. The fraction of sp³-hybridized carbons (Fsp3) is 0.200. The molecule has 0 bridgehead atoms. The van der Waals surface area contributed by atoms with Crippen LogP contribution in [0.15, 0.2) is 17.9 Å². The molecule has 0 radical (unpaired) electrons. The van der Waals surface area contributed by atoms with Gasteiger partial charge in [0, 0.05) is 24.4 Å². The van der Waals surface area contributed by atoms with Crippen molar-refractivity contribution in [1.29, 1.82) is 0 Å². The Hall–Kier alpha value is 0.440. The maximum Gasteiger partial charge on any atom is 0.216 e. The van der Waals surface area contributed by atoms with Gasteiger partial charge in [-0.15, -0.1) is 0 Å². The molecule has 0 saturated carbocycles. The van der Waals surface area contributed by atoms with E-state index in [1.807, 2.05) is 0 Å². The minimum Gasteiger partial charge on any atom is -0.299 e. The molecule has 1 aliphatic rings. The number of fused-ring (bicyclic) bond motifs is 1. The third-order valence-electron chi connectivity index (χ3n) is 2.58. The monoisotopic (exact) mass is 487 g/mol. The number of ketones is 1. The molecule has 7 heteroatoms. The van der Waals surface area contributed by atoms with E-state index in [0.717, 1.165) is 29.0 Å². The van der Waals surface area contributed by atoms with Crippen LogP contribution in [0.1, 0.15) is 17.2 Å². The van der Waals surface area contributed by atoms with Gasteiger partial charge >= 0.3 is 0 Å². The molecule has 1 aromatic carbocycles. The average molecular weight is 491 g/mol. The number of carbonyl (C=O) groups excluding carboxylic acids is 2. The summed E-state index contributed by atoms with van der Waals surface area (Å²) in [6.45, 7) is 0.546. The summed E-state index contributed by atoms with van der Waals surface area (Å²) in [7, 11) is 0. The van der Waals surface area contributed by atoms with Gasteiger partial charge < -0.3 is 0 Å². The van der Waals surface area contributed by atoms with Crippen LogP contribution >= 0.6 is 63.7 Å². The molecule has 1 N–H and O–H groups in total. The smallest absolute Gasteiger partial charge is 0.216 e. The fourth-order valence-electron chi connectivity index (χ4n) is 1.78. The average Bonchev–Trinajstić information content (AvgIpc) is 2.77. The molecule has 0 aliphatic carbocycles. The van der Waals surface area contributed by atoms with Crippen molar-refractivity contribution >= 4 is 75.8 Å². The number of Topliss-reactive ketones (excluding diaryl/α,β-unsaturated/α-hetero) is 1. The molecular weight excluding hydrogens is 486 g/mol. The van der Waals surface area contributed by atoms with Gasteiger partial charge in [-0.3, -0.25) is 14.9 Å². The molecule has 0 aromatic heterocycles. The van der Waals surface area contributed by atoms with Crippen molar-refractivity contribution in [2.75, 3.05) is 0 Å². The van der Waals surface area contributed by atoms with Gasteiger partial charge in [-0.05, 0) is 74.8 Å². The zero-order chi connectivity index (χ0) is 12.7. The number of hydrogen-bond acceptors (Lipinski definition) is 3. The van der Waals surface area contributed by atoms with Gasteiger partial charge in [0.2, 0.25) is 5.78 Å². The first kappa shape index (κ1) is 13.9. The van der Waals surface area contributed by atoms with E-state index < -0.39 is 11.8 Å². The Balaban J connectivity index is 2.68. The van der Waals surface area contributed by atoms with E-state index >= 15 is 0 Å². The van der Waals surface area contributed by atoms with Crippen molar-refractivity contribution in [3.05, 3.63) is 29.0 Å². The van der Waals surface area contributed by atoms with Crippen molar-refractivity contribution < 1.29 is 9.59 Å². The molecule has 1 heterocycles. The first-order valence-electron chi connectivity index (χ1n) is 4.56. The van der Waals surface area contributed by atoms with E-state index in [4.69, 9.17) is 0 Å². The van der Waals surface area contributed by atoms with Crippen LogP contribution < -0.4 is 5.32 Å². The third kappa shape index (κ3) is 2.20. The molecule has 0 spiro atoms. The highest BCUT2D eigenvalue weighted by Gasteiger charge is 2.33. The largest absolute Gasteiger partial charge is 0.299 e. The van der Waals surface area contributed by atoms with Gasteiger partial charge in [0.15, 0.2) is 6.29 Å². The Kier molecular flexibility index (Phi) is 4.24. The van der Waals surface area contributed by atoms with Crippen LogP contribution in [0.4, 0.5) is 0 Å². The normalized spacial score (nSPS) is 18.0. The van der Waals surface area contributed by atoms with E-state index in [-0.39, 0.29) is 0 Å². The SMILES string of the molecule is O=CC(=O)C1NCc2c(Br)c(Br)c(Br)c(Br)c21. The second kappa shape index (κ2) is 5.21. The Morgan fingerprint density at radius 1 is 1.12 bits per heavy atom. The molecular formula is C10H5Br4NO2. The molecule has 3 nitrogen and oxygen atoms in total. The Bertz CT molecular complexity index is 530. The van der Waals surface area contributed by atoms with E-state index in [9.17, 15) is 9.59 Å². The number of carbonyl (C=O) groups is 2. The molecule has 0 fully saturated rings. The summed E-state index contributed by atoms with van der Waals surface area (Å²) in [5.41, 5.74) is 1.79. The van der Waals surface area contributed by atoms with E-state index in [1.165, 1.54) is 0 Å². The number of nitrogens with one attached hydrogen (secondary N) is 1. The van der Waals surface area contributed by atoms with Gasteiger partial charge in [0.05, 0.1) is 0 Å². The van der Waals surface area contributed by atoms with Crippen LogP contribution in [0, 0.1) is 0 Å². The maximum atomic E-state index is 11.5. The number of rotatable bonds is 2. The highest BCUT2D eigenvalue weighted by Crippen LogP contribution is 2.46. The fourth-order valence-corrected chi connectivity index (χ4v) is 4.38. The molecule has 1 unspecified atom stereocenters. The van der Waals surface area contributed by atoms with Crippen molar-refractivity contribution in [2.24, 2.45) is 0 Å².